The average Bonchev–Trinajstić information content (AvgIpc) is 2.99. The first-order valence-corrected chi connectivity index (χ1v) is 8.93. The van der Waals surface area contributed by atoms with E-state index in [0.717, 1.165) is 18.5 Å². The van der Waals surface area contributed by atoms with Crippen molar-refractivity contribution in [3.63, 3.8) is 0 Å². The third-order valence-electron chi connectivity index (χ3n) is 4.21. The van der Waals surface area contributed by atoms with Gasteiger partial charge in [-0.2, -0.15) is 5.10 Å². The van der Waals surface area contributed by atoms with Crippen LogP contribution in [0.2, 0.25) is 5.02 Å². The standard InChI is InChI=1S/C17H20ClFN4S/c18-15-7-4-8-16(19)14(15)11-23-10-13(9-20-23)22-17(24)21-12-5-2-1-3-6-12/h4,7-10,12H,1-3,5-6,11H2,(H2,21,22,24). The Morgan fingerprint density at radius 1 is 1.33 bits per heavy atom. The maximum absolute atomic E-state index is 13.8. The van der Waals surface area contributed by atoms with Crippen LogP contribution in [0.3, 0.4) is 0 Å². The molecule has 1 aliphatic carbocycles. The molecule has 2 N–H and O–H groups in total. The zero-order valence-electron chi connectivity index (χ0n) is 13.3. The number of nitrogens with zero attached hydrogens (tertiary/aromatic N) is 2. The summed E-state index contributed by atoms with van der Waals surface area (Å²) < 4.78 is 15.5. The molecule has 4 nitrogen and oxygen atoms in total. The molecule has 0 bridgehead atoms. The van der Waals surface area contributed by atoms with Crippen molar-refractivity contribution < 1.29 is 4.39 Å². The van der Waals surface area contributed by atoms with E-state index in [1.165, 1.54) is 25.3 Å². The predicted octanol–water partition coefficient (Wildman–Crippen LogP) is 4.34. The summed E-state index contributed by atoms with van der Waals surface area (Å²) in [7, 11) is 0. The molecule has 1 aliphatic rings. The van der Waals surface area contributed by atoms with Crippen molar-refractivity contribution in [1.82, 2.24) is 15.1 Å². The predicted molar refractivity (Wildman–Crippen MR) is 99.0 cm³/mol. The normalized spacial score (nSPS) is 15.2. The molecule has 2 aromatic rings. The van der Waals surface area contributed by atoms with Crippen molar-refractivity contribution in [2.75, 3.05) is 5.32 Å². The second kappa shape index (κ2) is 7.94. The topological polar surface area (TPSA) is 41.9 Å². The summed E-state index contributed by atoms with van der Waals surface area (Å²) in [5.74, 6) is -0.331. The van der Waals surface area contributed by atoms with Crippen molar-refractivity contribution in [1.29, 1.82) is 0 Å². The molecule has 0 saturated heterocycles. The van der Waals surface area contributed by atoms with E-state index >= 15 is 0 Å². The van der Waals surface area contributed by atoms with Crippen LogP contribution in [0.4, 0.5) is 10.1 Å². The molecular weight excluding hydrogens is 347 g/mol. The summed E-state index contributed by atoms with van der Waals surface area (Å²) in [4.78, 5) is 0. The van der Waals surface area contributed by atoms with Gasteiger partial charge >= 0.3 is 0 Å². The Bertz CT molecular complexity index is 692. The number of benzene rings is 1. The highest BCUT2D eigenvalue weighted by Crippen LogP contribution is 2.21. The molecular formula is C17H20ClFN4S. The van der Waals surface area contributed by atoms with Crippen LogP contribution >= 0.6 is 23.8 Å². The Morgan fingerprint density at radius 2 is 2.12 bits per heavy atom. The fraction of sp³-hybridized carbons (Fsp3) is 0.412. The third kappa shape index (κ3) is 4.45. The smallest absolute Gasteiger partial charge is 0.171 e. The first kappa shape index (κ1) is 17.2. The lowest BCUT2D eigenvalue weighted by Crippen LogP contribution is -2.38. The Hall–Kier alpha value is -1.66. The third-order valence-corrected chi connectivity index (χ3v) is 4.79. The van der Waals surface area contributed by atoms with E-state index in [1.807, 2.05) is 0 Å². The molecule has 0 unspecified atom stereocenters. The zero-order chi connectivity index (χ0) is 16.9. The number of thiocarbonyl (C=S) groups is 1. The lowest BCUT2D eigenvalue weighted by Gasteiger charge is -2.24. The Kier molecular flexibility index (Phi) is 5.68. The maximum Gasteiger partial charge on any atom is 0.171 e. The number of anilines is 1. The average molecular weight is 367 g/mol. The van der Waals surface area contributed by atoms with Crippen LogP contribution in [0.25, 0.3) is 0 Å². The molecule has 0 radical (unpaired) electrons. The Morgan fingerprint density at radius 3 is 2.88 bits per heavy atom. The van der Waals surface area contributed by atoms with Gasteiger partial charge in [0.15, 0.2) is 5.11 Å². The zero-order valence-corrected chi connectivity index (χ0v) is 14.8. The van der Waals surface area contributed by atoms with Gasteiger partial charge in [0.05, 0.1) is 18.4 Å². The van der Waals surface area contributed by atoms with E-state index in [0.29, 0.717) is 21.7 Å². The number of hydrogen-bond donors (Lipinski definition) is 2. The van der Waals surface area contributed by atoms with Gasteiger partial charge in [0, 0.05) is 22.8 Å². The van der Waals surface area contributed by atoms with Gasteiger partial charge in [-0.25, -0.2) is 4.39 Å². The van der Waals surface area contributed by atoms with E-state index < -0.39 is 0 Å². The molecule has 0 spiro atoms. The van der Waals surface area contributed by atoms with E-state index in [2.05, 4.69) is 15.7 Å². The van der Waals surface area contributed by atoms with Crippen LogP contribution in [-0.2, 0) is 6.54 Å². The molecule has 1 saturated carbocycles. The molecule has 1 fully saturated rings. The molecule has 0 atom stereocenters. The van der Waals surface area contributed by atoms with Gasteiger partial charge in [-0.05, 0) is 37.2 Å². The first-order valence-electron chi connectivity index (χ1n) is 8.14. The Balaban J connectivity index is 1.58. The first-order chi connectivity index (χ1) is 11.6. The van der Waals surface area contributed by atoms with Crippen LogP contribution in [0, 0.1) is 5.82 Å². The van der Waals surface area contributed by atoms with Crippen molar-refractivity contribution >= 4 is 34.6 Å². The highest BCUT2D eigenvalue weighted by molar-refractivity contribution is 7.80. The van der Waals surface area contributed by atoms with Crippen LogP contribution < -0.4 is 10.6 Å². The van der Waals surface area contributed by atoms with Gasteiger partial charge in [-0.15, -0.1) is 0 Å². The highest BCUT2D eigenvalue weighted by Gasteiger charge is 2.14. The molecule has 0 aliphatic heterocycles. The number of aromatic nitrogens is 2. The molecule has 0 amide bonds. The summed E-state index contributed by atoms with van der Waals surface area (Å²) in [5, 5.41) is 11.7. The quantitative estimate of drug-likeness (QED) is 0.790. The van der Waals surface area contributed by atoms with Crippen LogP contribution in [0.5, 0.6) is 0 Å². The summed E-state index contributed by atoms with van der Waals surface area (Å²) >= 11 is 11.4. The van der Waals surface area contributed by atoms with Crippen molar-refractivity contribution in [2.24, 2.45) is 0 Å². The second-order valence-corrected chi connectivity index (χ2v) is 6.88. The molecule has 1 heterocycles. The van der Waals surface area contributed by atoms with E-state index in [1.54, 1.807) is 29.2 Å². The van der Waals surface area contributed by atoms with E-state index in [9.17, 15) is 4.39 Å². The number of halogens is 2. The Labute approximate surface area is 151 Å². The number of rotatable bonds is 4. The van der Waals surface area contributed by atoms with Crippen molar-refractivity contribution in [2.45, 2.75) is 44.7 Å². The van der Waals surface area contributed by atoms with Gasteiger partial charge in [0.1, 0.15) is 5.82 Å². The molecule has 7 heteroatoms. The molecule has 128 valence electrons. The fourth-order valence-electron chi connectivity index (χ4n) is 2.96. The van der Waals surface area contributed by atoms with E-state index in [4.69, 9.17) is 23.8 Å². The number of nitrogens with one attached hydrogen (secondary N) is 2. The monoisotopic (exact) mass is 366 g/mol. The van der Waals surface area contributed by atoms with Gasteiger partial charge in [0.25, 0.3) is 0 Å². The minimum Gasteiger partial charge on any atom is -0.360 e. The minimum absolute atomic E-state index is 0.274. The summed E-state index contributed by atoms with van der Waals surface area (Å²) in [5.41, 5.74) is 1.20. The van der Waals surface area contributed by atoms with Crippen molar-refractivity contribution in [3.05, 3.63) is 47.0 Å². The second-order valence-electron chi connectivity index (χ2n) is 6.06. The lowest BCUT2D eigenvalue weighted by molar-refractivity contribution is 0.415. The van der Waals surface area contributed by atoms with Gasteiger partial charge in [-0.3, -0.25) is 4.68 Å². The fourth-order valence-corrected chi connectivity index (χ4v) is 3.47. The van der Waals surface area contributed by atoms with Crippen molar-refractivity contribution in [3.8, 4) is 0 Å². The highest BCUT2D eigenvalue weighted by atomic mass is 35.5. The molecule has 3 rings (SSSR count). The maximum atomic E-state index is 13.8. The van der Waals surface area contributed by atoms with Crippen LogP contribution in [0.1, 0.15) is 37.7 Å². The largest absolute Gasteiger partial charge is 0.360 e. The van der Waals surface area contributed by atoms with Crippen LogP contribution in [-0.4, -0.2) is 20.9 Å². The molecule has 24 heavy (non-hydrogen) atoms. The SMILES string of the molecule is Fc1cccc(Cl)c1Cn1cc(NC(=S)NC2CCCCC2)cn1. The summed E-state index contributed by atoms with van der Waals surface area (Å²) in [6.07, 6.45) is 9.59. The van der Waals surface area contributed by atoms with Gasteiger partial charge in [0.2, 0.25) is 0 Å². The summed E-state index contributed by atoms with van der Waals surface area (Å²) in [6.45, 7) is 0.274. The molecule has 1 aromatic heterocycles. The van der Waals surface area contributed by atoms with Gasteiger partial charge in [-0.1, -0.05) is 36.9 Å². The van der Waals surface area contributed by atoms with Crippen LogP contribution in [0.15, 0.2) is 30.6 Å². The lowest BCUT2D eigenvalue weighted by atomic mass is 9.96. The minimum atomic E-state index is -0.331. The van der Waals surface area contributed by atoms with E-state index in [-0.39, 0.29) is 12.4 Å². The summed E-state index contributed by atoms with van der Waals surface area (Å²) in [6, 6.07) is 5.11. The number of hydrogen-bond acceptors (Lipinski definition) is 2. The van der Waals surface area contributed by atoms with Gasteiger partial charge < -0.3 is 10.6 Å². The molecule has 1 aromatic carbocycles.